The monoisotopic (exact) mass is 265 g/mol. The summed E-state index contributed by atoms with van der Waals surface area (Å²) in [7, 11) is 2.23. The van der Waals surface area contributed by atoms with Gasteiger partial charge >= 0.3 is 0 Å². The first-order valence-electron chi connectivity index (χ1n) is 7.13. The van der Waals surface area contributed by atoms with Gasteiger partial charge in [-0.25, -0.2) is 4.98 Å². The zero-order valence-electron chi connectivity index (χ0n) is 11.4. The summed E-state index contributed by atoms with van der Waals surface area (Å²) in [5.74, 6) is 0. The first-order chi connectivity index (χ1) is 8.72. The molecule has 2 aliphatic rings. The van der Waals surface area contributed by atoms with Crippen LogP contribution in [0.15, 0.2) is 0 Å². The third-order valence-electron chi connectivity index (χ3n) is 4.12. The summed E-state index contributed by atoms with van der Waals surface area (Å²) in [6.07, 6.45) is 6.41. The minimum absolute atomic E-state index is 0.566. The number of fused-ring (bicyclic) bond motifs is 1. The fourth-order valence-electron chi connectivity index (χ4n) is 3.29. The number of hydrogen-bond acceptors (Lipinski definition) is 4. The molecule has 1 aromatic heterocycles. The van der Waals surface area contributed by atoms with E-state index in [1.165, 1.54) is 60.8 Å². The van der Waals surface area contributed by atoms with Crippen LogP contribution in [0.1, 0.15) is 47.3 Å². The van der Waals surface area contributed by atoms with E-state index >= 15 is 0 Å². The zero-order valence-corrected chi connectivity index (χ0v) is 12.2. The Labute approximate surface area is 114 Å². The van der Waals surface area contributed by atoms with Crippen molar-refractivity contribution >= 4 is 11.3 Å². The molecule has 1 aliphatic carbocycles. The molecular formula is C14H23N3S. The van der Waals surface area contributed by atoms with E-state index in [4.69, 9.17) is 0 Å². The summed E-state index contributed by atoms with van der Waals surface area (Å²) >= 11 is 1.90. The minimum atomic E-state index is 0.566. The molecule has 0 amide bonds. The molecule has 3 nitrogen and oxygen atoms in total. The van der Waals surface area contributed by atoms with Gasteiger partial charge in [-0.3, -0.25) is 0 Å². The number of nitrogens with zero attached hydrogens (tertiary/aromatic N) is 2. The maximum atomic E-state index is 4.68. The van der Waals surface area contributed by atoms with Crippen LogP contribution in [0.4, 0.5) is 0 Å². The van der Waals surface area contributed by atoms with Gasteiger partial charge in [0.05, 0.1) is 10.7 Å². The van der Waals surface area contributed by atoms with Gasteiger partial charge in [-0.2, -0.15) is 0 Å². The van der Waals surface area contributed by atoms with Crippen LogP contribution in [-0.4, -0.2) is 36.1 Å². The summed E-state index contributed by atoms with van der Waals surface area (Å²) < 4.78 is 0. The molecule has 1 aromatic rings. The maximum Gasteiger partial charge on any atom is 0.0900 e. The molecule has 2 heterocycles. The smallest absolute Gasteiger partial charge is 0.0900 e. The minimum Gasteiger partial charge on any atom is -0.305 e. The van der Waals surface area contributed by atoms with Gasteiger partial charge in [0.1, 0.15) is 0 Å². The molecule has 0 aromatic carbocycles. The van der Waals surface area contributed by atoms with Crippen LogP contribution < -0.4 is 5.32 Å². The third-order valence-corrected chi connectivity index (χ3v) is 5.25. The van der Waals surface area contributed by atoms with Crippen molar-refractivity contribution in [2.24, 2.45) is 0 Å². The first-order valence-corrected chi connectivity index (χ1v) is 7.95. The second-order valence-corrected chi connectivity index (χ2v) is 6.99. The van der Waals surface area contributed by atoms with Crippen molar-refractivity contribution < 1.29 is 0 Å². The molecule has 0 radical (unpaired) electrons. The molecule has 1 aliphatic heterocycles. The van der Waals surface area contributed by atoms with Gasteiger partial charge in [0.15, 0.2) is 0 Å². The van der Waals surface area contributed by atoms with Crippen molar-refractivity contribution in [1.29, 1.82) is 0 Å². The van der Waals surface area contributed by atoms with Crippen molar-refractivity contribution in [1.82, 2.24) is 15.2 Å². The molecule has 0 bridgehead atoms. The van der Waals surface area contributed by atoms with Crippen LogP contribution in [0.3, 0.4) is 0 Å². The second kappa shape index (κ2) is 5.27. The summed E-state index contributed by atoms with van der Waals surface area (Å²) in [5, 5.41) is 5.12. The normalized spacial score (nSPS) is 29.2. The highest BCUT2D eigenvalue weighted by atomic mass is 32.1. The van der Waals surface area contributed by atoms with Crippen LogP contribution >= 0.6 is 11.3 Å². The quantitative estimate of drug-likeness (QED) is 0.890. The van der Waals surface area contributed by atoms with E-state index in [-0.39, 0.29) is 0 Å². The molecule has 0 spiro atoms. The summed E-state index contributed by atoms with van der Waals surface area (Å²) in [4.78, 5) is 8.65. The van der Waals surface area contributed by atoms with E-state index in [9.17, 15) is 0 Å². The molecule has 2 atom stereocenters. The standard InChI is InChI=1S/C14H23N3S/c1-10-15-12-6-3-7-13(14(12)18-10)16-11-5-4-8-17(2)9-11/h11,13,16H,3-9H2,1-2H3. The van der Waals surface area contributed by atoms with E-state index < -0.39 is 0 Å². The number of rotatable bonds is 2. The van der Waals surface area contributed by atoms with E-state index in [0.29, 0.717) is 12.1 Å². The Morgan fingerprint density at radius 3 is 3.06 bits per heavy atom. The maximum absolute atomic E-state index is 4.68. The Balaban J connectivity index is 1.70. The van der Waals surface area contributed by atoms with Gasteiger partial charge in [-0.05, 0) is 52.6 Å². The van der Waals surface area contributed by atoms with Crippen LogP contribution in [0, 0.1) is 6.92 Å². The van der Waals surface area contributed by atoms with Crippen molar-refractivity contribution in [3.63, 3.8) is 0 Å². The predicted molar refractivity (Wildman–Crippen MR) is 76.2 cm³/mol. The van der Waals surface area contributed by atoms with E-state index in [1.54, 1.807) is 0 Å². The number of likely N-dealkylation sites (N-methyl/N-ethyl adjacent to an activating group) is 1. The van der Waals surface area contributed by atoms with Crippen molar-refractivity contribution in [3.05, 3.63) is 15.6 Å². The van der Waals surface area contributed by atoms with E-state index in [0.717, 1.165) is 0 Å². The summed E-state index contributed by atoms with van der Waals surface area (Å²) in [6.45, 7) is 4.59. The zero-order chi connectivity index (χ0) is 12.5. The second-order valence-electron chi connectivity index (χ2n) is 5.76. The Morgan fingerprint density at radius 2 is 2.22 bits per heavy atom. The lowest BCUT2D eigenvalue weighted by molar-refractivity contribution is 0.212. The molecule has 1 N–H and O–H groups in total. The van der Waals surface area contributed by atoms with E-state index in [2.05, 4.69) is 29.2 Å². The topological polar surface area (TPSA) is 28.2 Å². The highest BCUT2D eigenvalue weighted by molar-refractivity contribution is 7.11. The van der Waals surface area contributed by atoms with Gasteiger partial charge in [-0.1, -0.05) is 0 Å². The van der Waals surface area contributed by atoms with E-state index in [1.807, 2.05) is 11.3 Å². The number of nitrogens with one attached hydrogen (secondary N) is 1. The average molecular weight is 265 g/mol. The first kappa shape index (κ1) is 12.6. The molecular weight excluding hydrogens is 242 g/mol. The van der Waals surface area contributed by atoms with Crippen molar-refractivity contribution in [3.8, 4) is 0 Å². The number of piperidine rings is 1. The fraction of sp³-hybridized carbons (Fsp3) is 0.786. The number of aryl methyl sites for hydroxylation is 2. The number of likely N-dealkylation sites (tertiary alicyclic amines) is 1. The molecule has 3 rings (SSSR count). The Bertz CT molecular complexity index is 415. The summed E-state index contributed by atoms with van der Waals surface area (Å²) in [5.41, 5.74) is 1.37. The van der Waals surface area contributed by atoms with Crippen LogP contribution in [-0.2, 0) is 6.42 Å². The van der Waals surface area contributed by atoms with Crippen molar-refractivity contribution in [2.45, 2.75) is 51.1 Å². The third kappa shape index (κ3) is 2.60. The Kier molecular flexibility index (Phi) is 3.68. The SMILES string of the molecule is Cc1nc2c(s1)C(NC1CCCN(C)C1)CCC2. The highest BCUT2D eigenvalue weighted by Gasteiger charge is 2.27. The lowest BCUT2D eigenvalue weighted by Crippen LogP contribution is -2.45. The van der Waals surface area contributed by atoms with Crippen LogP contribution in [0.25, 0.3) is 0 Å². The van der Waals surface area contributed by atoms with Crippen LogP contribution in [0.2, 0.25) is 0 Å². The molecule has 1 saturated heterocycles. The average Bonchev–Trinajstić information content (AvgIpc) is 2.71. The predicted octanol–water partition coefficient (Wildman–Crippen LogP) is 2.51. The largest absolute Gasteiger partial charge is 0.305 e. The lowest BCUT2D eigenvalue weighted by atomic mass is 9.96. The van der Waals surface area contributed by atoms with Gasteiger partial charge in [-0.15, -0.1) is 11.3 Å². The Morgan fingerprint density at radius 1 is 1.33 bits per heavy atom. The number of hydrogen-bond donors (Lipinski definition) is 1. The van der Waals surface area contributed by atoms with Gasteiger partial charge < -0.3 is 10.2 Å². The Hall–Kier alpha value is -0.450. The van der Waals surface area contributed by atoms with Crippen LogP contribution in [0.5, 0.6) is 0 Å². The summed E-state index contributed by atoms with van der Waals surface area (Å²) in [6, 6.07) is 1.23. The number of thiazole rings is 1. The van der Waals surface area contributed by atoms with Gasteiger partial charge in [0, 0.05) is 23.5 Å². The van der Waals surface area contributed by atoms with Gasteiger partial charge in [0.2, 0.25) is 0 Å². The molecule has 4 heteroatoms. The lowest BCUT2D eigenvalue weighted by Gasteiger charge is -2.34. The molecule has 2 unspecified atom stereocenters. The fourth-order valence-corrected chi connectivity index (χ4v) is 4.36. The molecule has 1 fully saturated rings. The molecule has 0 saturated carbocycles. The molecule has 100 valence electrons. The van der Waals surface area contributed by atoms with Gasteiger partial charge in [0.25, 0.3) is 0 Å². The van der Waals surface area contributed by atoms with Crippen molar-refractivity contribution in [2.75, 3.05) is 20.1 Å². The number of aromatic nitrogens is 1. The molecule has 18 heavy (non-hydrogen) atoms. The highest BCUT2D eigenvalue weighted by Crippen LogP contribution is 2.34.